The van der Waals surface area contributed by atoms with Crippen molar-refractivity contribution in [1.82, 2.24) is 5.32 Å². The third-order valence-corrected chi connectivity index (χ3v) is 7.72. The van der Waals surface area contributed by atoms with Gasteiger partial charge in [-0.1, -0.05) is 114 Å². The highest BCUT2D eigenvalue weighted by atomic mass is 16.3. The molecule has 1 amide bonds. The maximum atomic E-state index is 12.4. The predicted octanol–water partition coefficient (Wildman–Crippen LogP) is 8.00. The number of allylic oxidation sites excluding steroid dienone is 8. The summed E-state index contributed by atoms with van der Waals surface area (Å²) in [6.07, 6.45) is 35.6. The molecule has 0 spiro atoms. The van der Waals surface area contributed by atoms with E-state index in [4.69, 9.17) is 0 Å². The van der Waals surface area contributed by atoms with E-state index in [9.17, 15) is 25.2 Å². The Morgan fingerprint density at radius 3 is 1.51 bits per heavy atom. The Hall–Kier alpha value is -1.73. The van der Waals surface area contributed by atoms with Gasteiger partial charge in [0, 0.05) is 0 Å². The van der Waals surface area contributed by atoms with Gasteiger partial charge in [-0.15, -0.1) is 0 Å². The van der Waals surface area contributed by atoms with Gasteiger partial charge in [0.2, 0.25) is 5.91 Å². The molecule has 0 aromatic carbocycles. The van der Waals surface area contributed by atoms with Crippen molar-refractivity contribution in [2.24, 2.45) is 0 Å². The van der Waals surface area contributed by atoms with Gasteiger partial charge in [0.1, 0.15) is 12.2 Å². The zero-order chi connectivity index (χ0) is 31.8. The summed E-state index contributed by atoms with van der Waals surface area (Å²) in [4.78, 5) is 12.4. The molecular weight excluding hydrogens is 538 g/mol. The maximum absolute atomic E-state index is 12.4. The normalized spacial score (nSPS) is 15.2. The third kappa shape index (κ3) is 26.4. The summed E-state index contributed by atoms with van der Waals surface area (Å²) in [6.45, 7) is 3.92. The van der Waals surface area contributed by atoms with E-state index >= 15 is 0 Å². The second-order valence-corrected chi connectivity index (χ2v) is 11.8. The van der Waals surface area contributed by atoms with Crippen molar-refractivity contribution < 1.29 is 25.2 Å². The minimum absolute atomic E-state index is 0.341. The number of amides is 1. The van der Waals surface area contributed by atoms with Crippen molar-refractivity contribution in [2.45, 2.75) is 173 Å². The summed E-state index contributed by atoms with van der Waals surface area (Å²) in [7, 11) is 0. The number of aliphatic hydroxyl groups excluding tert-OH is 4. The van der Waals surface area contributed by atoms with E-state index in [2.05, 4.69) is 67.8 Å². The van der Waals surface area contributed by atoms with E-state index < -0.39 is 36.9 Å². The summed E-state index contributed by atoms with van der Waals surface area (Å²) in [5.74, 6) is -0.615. The Labute approximate surface area is 264 Å². The molecule has 0 saturated carbocycles. The lowest BCUT2D eigenvalue weighted by Crippen LogP contribution is -2.53. The van der Waals surface area contributed by atoms with Crippen LogP contribution in [0.25, 0.3) is 0 Å². The van der Waals surface area contributed by atoms with Crippen molar-refractivity contribution in [3.8, 4) is 0 Å². The molecule has 0 aromatic heterocycles. The minimum Gasteiger partial charge on any atom is -0.394 e. The fraction of sp³-hybridized carbons (Fsp3) is 0.757. The average molecular weight is 606 g/mol. The first kappa shape index (κ1) is 41.3. The lowest BCUT2D eigenvalue weighted by atomic mass is 10.00. The number of hydrogen-bond donors (Lipinski definition) is 5. The molecule has 0 aliphatic rings. The summed E-state index contributed by atoms with van der Waals surface area (Å²) in [6, 6.07) is -1.01. The number of rotatable bonds is 30. The second kappa shape index (κ2) is 31.7. The van der Waals surface area contributed by atoms with Crippen LogP contribution in [0.15, 0.2) is 48.6 Å². The van der Waals surface area contributed by atoms with Crippen molar-refractivity contribution in [3.05, 3.63) is 48.6 Å². The largest absolute Gasteiger partial charge is 0.394 e. The van der Waals surface area contributed by atoms with Gasteiger partial charge in [0.25, 0.3) is 0 Å². The number of hydrogen-bond acceptors (Lipinski definition) is 5. The van der Waals surface area contributed by atoms with Gasteiger partial charge < -0.3 is 25.7 Å². The molecule has 0 heterocycles. The van der Waals surface area contributed by atoms with Crippen LogP contribution in [0.2, 0.25) is 0 Å². The van der Waals surface area contributed by atoms with E-state index in [1.807, 2.05) is 0 Å². The summed E-state index contributed by atoms with van der Waals surface area (Å²) in [5.41, 5.74) is 0. The highest BCUT2D eigenvalue weighted by Gasteiger charge is 2.28. The van der Waals surface area contributed by atoms with E-state index in [1.165, 1.54) is 44.9 Å². The fourth-order valence-corrected chi connectivity index (χ4v) is 4.82. The smallest absolute Gasteiger partial charge is 0.249 e. The van der Waals surface area contributed by atoms with Crippen LogP contribution in [-0.4, -0.2) is 57.3 Å². The van der Waals surface area contributed by atoms with Crippen LogP contribution >= 0.6 is 0 Å². The molecule has 0 aromatic rings. The molecule has 0 radical (unpaired) electrons. The molecule has 0 aliphatic carbocycles. The summed E-state index contributed by atoms with van der Waals surface area (Å²) >= 11 is 0. The van der Waals surface area contributed by atoms with E-state index in [1.54, 1.807) is 0 Å². The molecule has 0 fully saturated rings. The van der Waals surface area contributed by atoms with E-state index in [0.29, 0.717) is 19.3 Å². The SMILES string of the molecule is CCCC/C=C\CCCCCCC(O)C(=O)NC(CO)C(O)C(O)CCC/C=C/CC/C=C/CC/C=C/CCCCCC. The Morgan fingerprint density at radius 2 is 1.00 bits per heavy atom. The van der Waals surface area contributed by atoms with Crippen LogP contribution in [0.3, 0.4) is 0 Å². The Morgan fingerprint density at radius 1 is 0.558 bits per heavy atom. The third-order valence-electron chi connectivity index (χ3n) is 7.72. The fourth-order valence-electron chi connectivity index (χ4n) is 4.82. The van der Waals surface area contributed by atoms with Crippen molar-refractivity contribution in [2.75, 3.05) is 6.61 Å². The van der Waals surface area contributed by atoms with Gasteiger partial charge in [-0.05, 0) is 83.5 Å². The van der Waals surface area contributed by atoms with E-state index in [0.717, 1.165) is 70.6 Å². The molecular formula is C37H67NO5. The van der Waals surface area contributed by atoms with Gasteiger partial charge in [-0.2, -0.15) is 0 Å². The van der Waals surface area contributed by atoms with E-state index in [-0.39, 0.29) is 0 Å². The van der Waals surface area contributed by atoms with Crippen LogP contribution in [0.4, 0.5) is 0 Å². The van der Waals surface area contributed by atoms with Crippen LogP contribution < -0.4 is 5.32 Å². The van der Waals surface area contributed by atoms with Crippen molar-refractivity contribution in [1.29, 1.82) is 0 Å². The van der Waals surface area contributed by atoms with Gasteiger partial charge in [-0.3, -0.25) is 4.79 Å². The number of aliphatic hydroxyl groups is 4. The standard InChI is InChI=1S/C37H67NO5/c1-3-5-7-9-11-13-15-16-17-18-19-20-21-23-24-26-28-30-34(40)36(42)33(32-39)38-37(43)35(41)31-29-27-25-22-14-12-10-8-6-4-2/h10,12-13,15,18-19,23-24,33-36,39-42H,3-9,11,14,16-17,20-22,25-32H2,1-2H3,(H,38,43)/b12-10-,15-13+,19-18+,24-23+. The first-order valence-electron chi connectivity index (χ1n) is 17.5. The van der Waals surface area contributed by atoms with Gasteiger partial charge in [-0.25, -0.2) is 0 Å². The van der Waals surface area contributed by atoms with Crippen LogP contribution in [0.1, 0.15) is 149 Å². The molecule has 6 nitrogen and oxygen atoms in total. The molecule has 5 N–H and O–H groups in total. The molecule has 0 saturated heterocycles. The lowest BCUT2D eigenvalue weighted by molar-refractivity contribution is -0.132. The monoisotopic (exact) mass is 606 g/mol. The summed E-state index contributed by atoms with van der Waals surface area (Å²) in [5, 5.41) is 43.2. The van der Waals surface area contributed by atoms with Crippen molar-refractivity contribution >= 4 is 5.91 Å². The molecule has 0 aliphatic heterocycles. The topological polar surface area (TPSA) is 110 Å². The average Bonchev–Trinajstić information content (AvgIpc) is 3.01. The zero-order valence-electron chi connectivity index (χ0n) is 27.7. The Balaban J connectivity index is 3.97. The number of unbranched alkanes of at least 4 members (excludes halogenated alkanes) is 13. The maximum Gasteiger partial charge on any atom is 0.249 e. The van der Waals surface area contributed by atoms with Gasteiger partial charge in [0.05, 0.1) is 18.8 Å². The molecule has 250 valence electrons. The van der Waals surface area contributed by atoms with Gasteiger partial charge >= 0.3 is 0 Å². The highest BCUT2D eigenvalue weighted by Crippen LogP contribution is 2.12. The molecule has 4 unspecified atom stereocenters. The molecule has 0 rings (SSSR count). The molecule has 6 heteroatoms. The number of carbonyl (C=O) groups is 1. The number of nitrogens with one attached hydrogen (secondary N) is 1. The number of carbonyl (C=O) groups excluding carboxylic acids is 1. The van der Waals surface area contributed by atoms with Crippen LogP contribution in [0, 0.1) is 0 Å². The van der Waals surface area contributed by atoms with Gasteiger partial charge in [0.15, 0.2) is 0 Å². The lowest BCUT2D eigenvalue weighted by Gasteiger charge is -2.27. The zero-order valence-corrected chi connectivity index (χ0v) is 27.7. The molecule has 4 atom stereocenters. The highest BCUT2D eigenvalue weighted by molar-refractivity contribution is 5.80. The predicted molar refractivity (Wildman–Crippen MR) is 182 cm³/mol. The first-order valence-corrected chi connectivity index (χ1v) is 17.5. The van der Waals surface area contributed by atoms with Crippen LogP contribution in [-0.2, 0) is 4.79 Å². The van der Waals surface area contributed by atoms with Crippen LogP contribution in [0.5, 0.6) is 0 Å². The molecule has 43 heavy (non-hydrogen) atoms. The minimum atomic E-state index is -1.29. The Kier molecular flexibility index (Phi) is 30.4. The quantitative estimate of drug-likeness (QED) is 0.0421. The Bertz CT molecular complexity index is 733. The summed E-state index contributed by atoms with van der Waals surface area (Å²) < 4.78 is 0. The first-order chi connectivity index (χ1) is 21.0. The molecule has 0 bridgehead atoms. The second-order valence-electron chi connectivity index (χ2n) is 11.8. The van der Waals surface area contributed by atoms with Crippen molar-refractivity contribution in [3.63, 3.8) is 0 Å².